The maximum atomic E-state index is 12.9. The molecule has 1 heterocycles. The first-order valence-electron chi connectivity index (χ1n) is 9.50. The number of anilines is 1. The molecule has 2 aromatic carbocycles. The second-order valence-corrected chi connectivity index (χ2v) is 7.36. The number of aromatic nitrogens is 2. The van der Waals surface area contributed by atoms with Gasteiger partial charge in [-0.2, -0.15) is 5.10 Å². The Labute approximate surface area is 169 Å². The third-order valence-electron chi connectivity index (χ3n) is 4.93. The van der Waals surface area contributed by atoms with Crippen molar-refractivity contribution in [3.8, 4) is 11.4 Å². The monoisotopic (exact) mass is 395 g/mol. The number of carbonyl (C=O) groups is 1. The lowest BCUT2D eigenvalue weighted by Gasteiger charge is -2.14. The topological polar surface area (TPSA) is 56.2 Å². The number of nitrogens with one attached hydrogen (secondary N) is 1. The summed E-state index contributed by atoms with van der Waals surface area (Å²) < 4.78 is 7.59. The number of hydrogen-bond acceptors (Lipinski definition) is 3. The van der Waals surface area contributed by atoms with Crippen molar-refractivity contribution in [2.24, 2.45) is 0 Å². The van der Waals surface area contributed by atoms with Crippen molar-refractivity contribution >= 4 is 23.2 Å². The van der Waals surface area contributed by atoms with Crippen molar-refractivity contribution in [2.45, 2.75) is 38.7 Å². The SMILES string of the molecule is Cc1nn(-c2ccccc2)c(Cl)c1C(=O)Nc1cccc(OC2CCCC2)c1. The highest BCUT2D eigenvalue weighted by molar-refractivity contribution is 6.34. The van der Waals surface area contributed by atoms with Crippen LogP contribution in [0.3, 0.4) is 0 Å². The smallest absolute Gasteiger partial charge is 0.260 e. The number of rotatable bonds is 5. The Morgan fingerprint density at radius 3 is 2.64 bits per heavy atom. The van der Waals surface area contributed by atoms with Gasteiger partial charge in [0.15, 0.2) is 0 Å². The van der Waals surface area contributed by atoms with E-state index in [1.165, 1.54) is 12.8 Å². The van der Waals surface area contributed by atoms with E-state index in [9.17, 15) is 4.79 Å². The van der Waals surface area contributed by atoms with E-state index < -0.39 is 0 Å². The Bertz CT molecular complexity index is 979. The van der Waals surface area contributed by atoms with Crippen LogP contribution >= 0.6 is 11.6 Å². The van der Waals surface area contributed by atoms with Gasteiger partial charge in [-0.25, -0.2) is 4.68 Å². The zero-order valence-electron chi connectivity index (χ0n) is 15.7. The fourth-order valence-corrected chi connectivity index (χ4v) is 3.89. The Kier molecular flexibility index (Phi) is 5.35. The van der Waals surface area contributed by atoms with Crippen LogP contribution < -0.4 is 10.1 Å². The third-order valence-corrected chi connectivity index (χ3v) is 5.28. The van der Waals surface area contributed by atoms with E-state index in [0.29, 0.717) is 22.1 Å². The molecule has 0 unspecified atom stereocenters. The van der Waals surface area contributed by atoms with Gasteiger partial charge in [-0.3, -0.25) is 4.79 Å². The zero-order valence-corrected chi connectivity index (χ0v) is 16.4. The number of halogens is 1. The average molecular weight is 396 g/mol. The summed E-state index contributed by atoms with van der Waals surface area (Å²) in [5, 5.41) is 7.63. The first-order chi connectivity index (χ1) is 13.6. The molecule has 0 aliphatic heterocycles. The van der Waals surface area contributed by atoms with E-state index in [0.717, 1.165) is 24.3 Å². The zero-order chi connectivity index (χ0) is 19.5. The summed E-state index contributed by atoms with van der Waals surface area (Å²) in [6.45, 7) is 1.78. The highest BCUT2D eigenvalue weighted by Gasteiger charge is 2.22. The molecule has 1 aliphatic rings. The summed E-state index contributed by atoms with van der Waals surface area (Å²) >= 11 is 6.48. The van der Waals surface area contributed by atoms with Crippen LogP contribution in [0.15, 0.2) is 54.6 Å². The number of ether oxygens (including phenoxy) is 1. The number of carbonyl (C=O) groups excluding carboxylic acids is 1. The molecule has 6 heteroatoms. The largest absolute Gasteiger partial charge is 0.490 e. The number of aryl methyl sites for hydroxylation is 1. The molecule has 0 spiro atoms. The van der Waals surface area contributed by atoms with E-state index in [1.807, 2.05) is 54.6 Å². The summed E-state index contributed by atoms with van der Waals surface area (Å²) in [4.78, 5) is 12.9. The van der Waals surface area contributed by atoms with Crippen molar-refractivity contribution < 1.29 is 9.53 Å². The standard InChI is InChI=1S/C22H22ClN3O2/c1-15-20(21(23)26(25-15)17-9-3-2-4-10-17)22(27)24-16-8-7-13-19(14-16)28-18-11-5-6-12-18/h2-4,7-10,13-14,18H,5-6,11-12H2,1H3,(H,24,27). The van der Waals surface area contributed by atoms with Crippen molar-refractivity contribution in [1.29, 1.82) is 0 Å². The lowest BCUT2D eigenvalue weighted by Crippen LogP contribution is -2.14. The molecule has 1 aliphatic carbocycles. The molecular weight excluding hydrogens is 374 g/mol. The molecule has 0 saturated heterocycles. The van der Waals surface area contributed by atoms with Crippen LogP contribution in [0.1, 0.15) is 41.7 Å². The second-order valence-electron chi connectivity index (χ2n) is 7.00. The number of para-hydroxylation sites is 1. The van der Waals surface area contributed by atoms with E-state index in [1.54, 1.807) is 11.6 Å². The molecule has 28 heavy (non-hydrogen) atoms. The summed E-state index contributed by atoms with van der Waals surface area (Å²) in [5.74, 6) is 0.482. The number of amides is 1. The van der Waals surface area contributed by atoms with Gasteiger partial charge < -0.3 is 10.1 Å². The minimum absolute atomic E-state index is 0.270. The molecule has 3 aromatic rings. The van der Waals surface area contributed by atoms with Crippen LogP contribution in [0.25, 0.3) is 5.69 Å². The van der Waals surface area contributed by atoms with Gasteiger partial charge in [-0.15, -0.1) is 0 Å². The molecular formula is C22H22ClN3O2. The third kappa shape index (κ3) is 3.90. The van der Waals surface area contributed by atoms with Gasteiger partial charge in [0.1, 0.15) is 16.5 Å². The highest BCUT2D eigenvalue weighted by atomic mass is 35.5. The van der Waals surface area contributed by atoms with Gasteiger partial charge in [0.25, 0.3) is 5.91 Å². The van der Waals surface area contributed by atoms with Crippen LogP contribution in [0.2, 0.25) is 5.15 Å². The fraction of sp³-hybridized carbons (Fsp3) is 0.273. The van der Waals surface area contributed by atoms with Gasteiger partial charge in [0, 0.05) is 11.8 Å². The molecule has 0 bridgehead atoms. The van der Waals surface area contributed by atoms with E-state index >= 15 is 0 Å². The van der Waals surface area contributed by atoms with Gasteiger partial charge >= 0.3 is 0 Å². The summed E-state index contributed by atoms with van der Waals surface area (Å²) in [7, 11) is 0. The van der Waals surface area contributed by atoms with Gasteiger partial charge in [-0.05, 0) is 56.9 Å². The second kappa shape index (κ2) is 8.07. The average Bonchev–Trinajstić information content (AvgIpc) is 3.30. The van der Waals surface area contributed by atoms with Crippen LogP contribution in [0.5, 0.6) is 5.75 Å². The van der Waals surface area contributed by atoms with E-state index in [2.05, 4.69) is 10.4 Å². The molecule has 5 nitrogen and oxygen atoms in total. The maximum absolute atomic E-state index is 12.9. The van der Waals surface area contributed by atoms with E-state index in [4.69, 9.17) is 16.3 Å². The number of benzene rings is 2. The van der Waals surface area contributed by atoms with Crippen molar-refractivity contribution in [1.82, 2.24) is 9.78 Å². The minimum Gasteiger partial charge on any atom is -0.490 e. The quantitative estimate of drug-likeness (QED) is 0.628. The summed E-state index contributed by atoms with van der Waals surface area (Å²) in [5.41, 5.74) is 2.42. The molecule has 144 valence electrons. The fourth-order valence-electron chi connectivity index (χ4n) is 3.54. The maximum Gasteiger partial charge on any atom is 0.260 e. The van der Waals surface area contributed by atoms with Crippen molar-refractivity contribution in [3.05, 3.63) is 71.0 Å². The van der Waals surface area contributed by atoms with Gasteiger partial charge in [0.05, 0.1) is 17.5 Å². The van der Waals surface area contributed by atoms with Gasteiger partial charge in [-0.1, -0.05) is 35.9 Å². The Morgan fingerprint density at radius 1 is 1.14 bits per heavy atom. The molecule has 1 fully saturated rings. The molecule has 0 radical (unpaired) electrons. The molecule has 1 N–H and O–H groups in total. The van der Waals surface area contributed by atoms with Gasteiger partial charge in [0.2, 0.25) is 0 Å². The van der Waals surface area contributed by atoms with Crippen molar-refractivity contribution in [2.75, 3.05) is 5.32 Å². The van der Waals surface area contributed by atoms with E-state index in [-0.39, 0.29) is 12.0 Å². The lowest BCUT2D eigenvalue weighted by atomic mass is 10.2. The molecule has 0 atom stereocenters. The van der Waals surface area contributed by atoms with Crippen LogP contribution in [0, 0.1) is 6.92 Å². The summed E-state index contributed by atoms with van der Waals surface area (Å²) in [6.07, 6.45) is 4.87. The number of hydrogen-bond donors (Lipinski definition) is 1. The predicted molar refractivity (Wildman–Crippen MR) is 111 cm³/mol. The molecule has 1 amide bonds. The van der Waals surface area contributed by atoms with Crippen molar-refractivity contribution in [3.63, 3.8) is 0 Å². The molecule has 4 rings (SSSR count). The Hall–Kier alpha value is -2.79. The minimum atomic E-state index is -0.289. The molecule has 1 saturated carbocycles. The lowest BCUT2D eigenvalue weighted by molar-refractivity contribution is 0.102. The predicted octanol–water partition coefficient (Wildman–Crippen LogP) is 5.41. The van der Waals surface area contributed by atoms with Crippen LogP contribution in [0.4, 0.5) is 5.69 Å². The van der Waals surface area contributed by atoms with Crippen LogP contribution in [-0.2, 0) is 0 Å². The van der Waals surface area contributed by atoms with Crippen LogP contribution in [-0.4, -0.2) is 21.8 Å². The first-order valence-corrected chi connectivity index (χ1v) is 9.88. The Balaban J connectivity index is 1.53. The normalized spacial score (nSPS) is 14.2. The summed E-state index contributed by atoms with van der Waals surface area (Å²) in [6, 6.07) is 17.0. The number of nitrogens with zero attached hydrogens (tertiary/aromatic N) is 2. The Morgan fingerprint density at radius 2 is 1.89 bits per heavy atom. The highest BCUT2D eigenvalue weighted by Crippen LogP contribution is 2.27. The molecule has 1 aromatic heterocycles. The first kappa shape index (κ1) is 18.6.